The highest BCUT2D eigenvalue weighted by molar-refractivity contribution is 5.71. The third-order valence-electron chi connectivity index (χ3n) is 16.7. The summed E-state index contributed by atoms with van der Waals surface area (Å²) in [4.78, 5) is 38.3. The van der Waals surface area contributed by atoms with Gasteiger partial charge in [0.05, 0.1) is 0 Å². The van der Waals surface area contributed by atoms with Crippen molar-refractivity contribution in [3.63, 3.8) is 0 Å². The summed E-state index contributed by atoms with van der Waals surface area (Å²) in [5.74, 6) is -0.835. The fraction of sp³-hybridized carbons (Fsp3) is 0.905. The van der Waals surface area contributed by atoms with Crippen LogP contribution in [-0.4, -0.2) is 37.2 Å². The Morgan fingerprint density at radius 2 is 0.450 bits per heavy atom. The number of hydrogen-bond donors (Lipinski definition) is 0. The second-order valence-electron chi connectivity index (χ2n) is 24.9. The van der Waals surface area contributed by atoms with Gasteiger partial charge < -0.3 is 14.2 Å². The van der Waals surface area contributed by atoms with Crippen LogP contribution in [-0.2, 0) is 28.6 Å². The number of ether oxygens (including phenoxy) is 3. The lowest BCUT2D eigenvalue weighted by Crippen LogP contribution is -2.30. The molecule has 0 bridgehead atoms. The van der Waals surface area contributed by atoms with Gasteiger partial charge >= 0.3 is 17.9 Å². The maximum absolute atomic E-state index is 12.9. The lowest BCUT2D eigenvalue weighted by atomic mass is 10.0. The van der Waals surface area contributed by atoms with E-state index >= 15 is 0 Å². The first-order valence-corrected chi connectivity index (χ1v) is 36.3. The van der Waals surface area contributed by atoms with Gasteiger partial charge in [-0.25, -0.2) is 0 Å². The Hall–Kier alpha value is -2.11. The minimum atomic E-state index is -0.766. The predicted molar refractivity (Wildman–Crippen MR) is 349 cm³/mol. The molecule has 80 heavy (non-hydrogen) atoms. The largest absolute Gasteiger partial charge is 0.462 e. The fourth-order valence-electron chi connectivity index (χ4n) is 11.2. The molecular formula is C74H140O6. The van der Waals surface area contributed by atoms with Gasteiger partial charge in [0.25, 0.3) is 0 Å². The minimum Gasteiger partial charge on any atom is -0.462 e. The summed E-state index contributed by atoms with van der Waals surface area (Å²) in [6.45, 7) is 6.69. The van der Waals surface area contributed by atoms with Gasteiger partial charge in [-0.1, -0.05) is 366 Å². The van der Waals surface area contributed by atoms with Crippen molar-refractivity contribution in [2.24, 2.45) is 0 Å². The molecule has 0 N–H and O–H groups in total. The zero-order valence-electron chi connectivity index (χ0n) is 54.4. The van der Waals surface area contributed by atoms with Gasteiger partial charge in [-0.15, -0.1) is 0 Å². The average molecular weight is 1130 g/mol. The van der Waals surface area contributed by atoms with Gasteiger partial charge in [0, 0.05) is 19.3 Å². The molecule has 0 spiro atoms. The molecule has 0 amide bonds. The Morgan fingerprint density at radius 3 is 0.688 bits per heavy atom. The van der Waals surface area contributed by atoms with Crippen molar-refractivity contribution in [1.82, 2.24) is 0 Å². The standard InChI is InChI=1S/C74H140O6/c1-4-7-10-13-16-19-21-23-25-27-29-31-33-35-37-39-40-42-44-46-48-50-52-55-58-61-64-67-73(76)79-70-71(69-78-72(75)66-63-60-57-54-18-15-12-9-6-3)80-74(77)68-65-62-59-56-53-51-49-47-45-43-41-38-36-34-32-30-28-26-24-22-20-17-14-11-8-5-2/h21,23,27,29,71H,4-20,22,24-26,28,30-70H2,1-3H3/b23-21-,29-27-. The minimum absolute atomic E-state index is 0.0644. The SMILES string of the molecule is CCCCCCC/C=C\C/C=C\CCCCCCCCCCCCCCCCCC(=O)OCC(COC(=O)CCCCCCCCCCC)OC(=O)CCCCCCCCCCCCCCCCCCCCCCCCCCCC. The van der Waals surface area contributed by atoms with Crippen LogP contribution in [0, 0.1) is 0 Å². The van der Waals surface area contributed by atoms with Crippen LogP contribution < -0.4 is 0 Å². The number of esters is 3. The van der Waals surface area contributed by atoms with Crippen LogP contribution in [0.5, 0.6) is 0 Å². The summed E-state index contributed by atoms with van der Waals surface area (Å²) in [6.07, 6.45) is 85.2. The maximum atomic E-state index is 12.9. The molecule has 0 rings (SSSR count). The highest BCUT2D eigenvalue weighted by Gasteiger charge is 2.19. The second kappa shape index (κ2) is 69.4. The van der Waals surface area contributed by atoms with Crippen LogP contribution in [0.15, 0.2) is 24.3 Å². The topological polar surface area (TPSA) is 78.9 Å². The number of carbonyl (C=O) groups excluding carboxylic acids is 3. The number of carbonyl (C=O) groups is 3. The summed E-state index contributed by atoms with van der Waals surface area (Å²) >= 11 is 0. The smallest absolute Gasteiger partial charge is 0.306 e. The molecule has 0 saturated heterocycles. The number of rotatable bonds is 68. The van der Waals surface area contributed by atoms with E-state index in [2.05, 4.69) is 45.1 Å². The van der Waals surface area contributed by atoms with Gasteiger partial charge in [-0.3, -0.25) is 14.4 Å². The summed E-state index contributed by atoms with van der Waals surface area (Å²) in [6, 6.07) is 0. The molecule has 1 unspecified atom stereocenters. The molecule has 6 nitrogen and oxygen atoms in total. The second-order valence-corrected chi connectivity index (χ2v) is 24.9. The highest BCUT2D eigenvalue weighted by Crippen LogP contribution is 2.19. The normalized spacial score (nSPS) is 12.1. The summed E-state index contributed by atoms with van der Waals surface area (Å²) in [5.41, 5.74) is 0. The van der Waals surface area contributed by atoms with Crippen molar-refractivity contribution in [3.05, 3.63) is 24.3 Å². The van der Waals surface area contributed by atoms with Crippen molar-refractivity contribution in [2.45, 2.75) is 419 Å². The molecule has 0 aromatic heterocycles. The lowest BCUT2D eigenvalue weighted by Gasteiger charge is -2.18. The zero-order chi connectivity index (χ0) is 57.8. The van der Waals surface area contributed by atoms with Crippen molar-refractivity contribution >= 4 is 17.9 Å². The Morgan fingerprint density at radius 1 is 0.250 bits per heavy atom. The Kier molecular flexibility index (Phi) is 67.6. The van der Waals surface area contributed by atoms with Crippen LogP contribution in [0.3, 0.4) is 0 Å². The first-order valence-electron chi connectivity index (χ1n) is 36.3. The fourth-order valence-corrected chi connectivity index (χ4v) is 11.2. The van der Waals surface area contributed by atoms with E-state index in [1.54, 1.807) is 0 Å². The lowest BCUT2D eigenvalue weighted by molar-refractivity contribution is -0.167. The summed E-state index contributed by atoms with van der Waals surface area (Å²) in [7, 11) is 0. The monoisotopic (exact) mass is 1130 g/mol. The van der Waals surface area contributed by atoms with Crippen LogP contribution in [0.1, 0.15) is 412 Å². The number of hydrogen-bond acceptors (Lipinski definition) is 6. The van der Waals surface area contributed by atoms with E-state index in [1.165, 1.54) is 308 Å². The van der Waals surface area contributed by atoms with Gasteiger partial charge in [-0.2, -0.15) is 0 Å². The third kappa shape index (κ3) is 66.7. The van der Waals surface area contributed by atoms with Crippen LogP contribution in [0.2, 0.25) is 0 Å². The van der Waals surface area contributed by atoms with Crippen molar-refractivity contribution < 1.29 is 28.6 Å². The van der Waals surface area contributed by atoms with Crippen LogP contribution >= 0.6 is 0 Å². The third-order valence-corrected chi connectivity index (χ3v) is 16.7. The molecule has 1 atom stereocenters. The maximum Gasteiger partial charge on any atom is 0.306 e. The van der Waals surface area contributed by atoms with Crippen LogP contribution in [0.25, 0.3) is 0 Å². The highest BCUT2D eigenvalue weighted by atomic mass is 16.6. The molecular weight excluding hydrogens is 985 g/mol. The molecule has 0 radical (unpaired) electrons. The van der Waals surface area contributed by atoms with Gasteiger partial charge in [0.15, 0.2) is 6.10 Å². The predicted octanol–water partition coefficient (Wildman–Crippen LogP) is 25.0. The summed E-state index contributed by atoms with van der Waals surface area (Å²) < 4.78 is 17.0. The summed E-state index contributed by atoms with van der Waals surface area (Å²) in [5, 5.41) is 0. The first-order chi connectivity index (χ1) is 39.5. The molecule has 0 aliphatic rings. The Balaban J connectivity index is 4.08. The molecule has 0 aromatic carbocycles. The molecule has 0 aliphatic carbocycles. The molecule has 0 heterocycles. The molecule has 0 saturated carbocycles. The van der Waals surface area contributed by atoms with E-state index in [0.717, 1.165) is 64.2 Å². The molecule has 0 aromatic rings. The van der Waals surface area contributed by atoms with Gasteiger partial charge in [-0.05, 0) is 51.4 Å². The average Bonchev–Trinajstić information content (AvgIpc) is 3.46. The van der Waals surface area contributed by atoms with E-state index in [9.17, 15) is 14.4 Å². The van der Waals surface area contributed by atoms with Crippen molar-refractivity contribution in [3.8, 4) is 0 Å². The van der Waals surface area contributed by atoms with E-state index in [4.69, 9.17) is 14.2 Å². The van der Waals surface area contributed by atoms with E-state index in [1.807, 2.05) is 0 Å². The van der Waals surface area contributed by atoms with Gasteiger partial charge in [0.2, 0.25) is 0 Å². The first kappa shape index (κ1) is 77.9. The molecule has 0 aliphatic heterocycles. The number of allylic oxidation sites excluding steroid dienone is 4. The Bertz CT molecular complexity index is 1290. The van der Waals surface area contributed by atoms with Crippen molar-refractivity contribution in [1.29, 1.82) is 0 Å². The Labute approximate surface area is 500 Å². The molecule has 0 fully saturated rings. The van der Waals surface area contributed by atoms with Gasteiger partial charge in [0.1, 0.15) is 13.2 Å². The molecule has 472 valence electrons. The van der Waals surface area contributed by atoms with E-state index in [0.29, 0.717) is 19.3 Å². The van der Waals surface area contributed by atoms with Crippen LogP contribution in [0.4, 0.5) is 0 Å². The van der Waals surface area contributed by atoms with E-state index in [-0.39, 0.29) is 31.1 Å². The quantitative estimate of drug-likeness (QED) is 0.0261. The molecule has 6 heteroatoms. The van der Waals surface area contributed by atoms with Crippen molar-refractivity contribution in [2.75, 3.05) is 13.2 Å². The van der Waals surface area contributed by atoms with E-state index < -0.39 is 6.10 Å². The number of unbranched alkanes of at least 4 members (excludes halogenated alkanes) is 53. The zero-order valence-corrected chi connectivity index (χ0v) is 54.4.